The molecule has 1 heterocycles. The van der Waals surface area contributed by atoms with E-state index in [0.29, 0.717) is 30.3 Å². The molecule has 1 amide bonds. The Balaban J connectivity index is 1.62. The molecule has 4 rings (SSSR count). The van der Waals surface area contributed by atoms with Crippen molar-refractivity contribution in [3.05, 3.63) is 105 Å². The highest BCUT2D eigenvalue weighted by Gasteiger charge is 2.39. The number of benzene rings is 3. The van der Waals surface area contributed by atoms with Crippen molar-refractivity contribution in [3.8, 4) is 12.1 Å². The van der Waals surface area contributed by atoms with Crippen LogP contribution in [-0.2, 0) is 4.74 Å². The molecule has 1 fully saturated rings. The van der Waals surface area contributed by atoms with Gasteiger partial charge in [0.1, 0.15) is 5.82 Å². The molecule has 8 heteroatoms. The monoisotopic (exact) mass is 502 g/mol. The van der Waals surface area contributed by atoms with Crippen LogP contribution in [-0.4, -0.2) is 42.6 Å². The van der Waals surface area contributed by atoms with Crippen LogP contribution >= 0.6 is 11.6 Å². The molecule has 1 saturated heterocycles. The van der Waals surface area contributed by atoms with Gasteiger partial charge in [-0.15, -0.1) is 0 Å². The number of likely N-dealkylation sites (tertiary alicyclic amines) is 1. The summed E-state index contributed by atoms with van der Waals surface area (Å²) in [5, 5.41) is 21.7. The molecule has 2 unspecified atom stereocenters. The molecule has 3 atom stereocenters. The van der Waals surface area contributed by atoms with Gasteiger partial charge in [-0.1, -0.05) is 35.9 Å². The molecule has 6 nitrogen and oxygen atoms in total. The van der Waals surface area contributed by atoms with E-state index in [0.717, 1.165) is 17.2 Å². The third-order valence-electron chi connectivity index (χ3n) is 6.24. The molecule has 1 aliphatic heterocycles. The SMILES string of the molecule is CCOC1CN([C@H](c2ccc(Cl)cc2)c2ccc(C#N)cc2)CC1NC(=O)c1ccc(C#N)cc1F. The lowest BCUT2D eigenvalue weighted by atomic mass is 9.96. The van der Waals surface area contributed by atoms with Gasteiger partial charge < -0.3 is 10.1 Å². The number of hydrogen-bond donors (Lipinski definition) is 1. The molecular weight excluding hydrogens is 479 g/mol. The van der Waals surface area contributed by atoms with Gasteiger partial charge in [-0.25, -0.2) is 4.39 Å². The van der Waals surface area contributed by atoms with Gasteiger partial charge in [0, 0.05) is 24.7 Å². The van der Waals surface area contributed by atoms with Gasteiger partial charge in [-0.2, -0.15) is 10.5 Å². The second-order valence-corrected chi connectivity index (χ2v) is 8.96. The molecule has 182 valence electrons. The first-order valence-corrected chi connectivity index (χ1v) is 11.9. The normalized spacial score (nSPS) is 18.2. The van der Waals surface area contributed by atoms with E-state index in [-0.39, 0.29) is 29.3 Å². The number of rotatable bonds is 7. The van der Waals surface area contributed by atoms with Gasteiger partial charge in [-0.05, 0) is 60.5 Å². The summed E-state index contributed by atoms with van der Waals surface area (Å²) in [7, 11) is 0. The molecule has 36 heavy (non-hydrogen) atoms. The number of carbonyl (C=O) groups excluding carboxylic acids is 1. The zero-order valence-corrected chi connectivity index (χ0v) is 20.4. The number of nitrogens with zero attached hydrogens (tertiary/aromatic N) is 3. The lowest BCUT2D eigenvalue weighted by Gasteiger charge is -2.29. The Bertz CT molecular complexity index is 1320. The average Bonchev–Trinajstić information content (AvgIpc) is 3.27. The number of carbonyl (C=O) groups is 1. The minimum atomic E-state index is -0.744. The van der Waals surface area contributed by atoms with Crippen LogP contribution in [0.5, 0.6) is 0 Å². The van der Waals surface area contributed by atoms with Crippen LogP contribution in [0, 0.1) is 28.5 Å². The minimum Gasteiger partial charge on any atom is -0.375 e. The lowest BCUT2D eigenvalue weighted by Crippen LogP contribution is -2.44. The van der Waals surface area contributed by atoms with E-state index in [1.165, 1.54) is 12.1 Å². The van der Waals surface area contributed by atoms with E-state index in [9.17, 15) is 14.4 Å². The van der Waals surface area contributed by atoms with Crippen LogP contribution in [0.4, 0.5) is 4.39 Å². The molecule has 3 aromatic carbocycles. The largest absolute Gasteiger partial charge is 0.375 e. The Morgan fingerprint density at radius 1 is 1.06 bits per heavy atom. The summed E-state index contributed by atoms with van der Waals surface area (Å²) in [4.78, 5) is 15.1. The van der Waals surface area contributed by atoms with Crippen molar-refractivity contribution in [2.75, 3.05) is 19.7 Å². The predicted molar refractivity (Wildman–Crippen MR) is 134 cm³/mol. The van der Waals surface area contributed by atoms with E-state index < -0.39 is 11.7 Å². The molecular formula is C28H24ClFN4O2. The third-order valence-corrected chi connectivity index (χ3v) is 6.49. The van der Waals surface area contributed by atoms with Crippen molar-refractivity contribution in [1.82, 2.24) is 10.2 Å². The number of nitriles is 2. The second kappa shape index (κ2) is 11.3. The van der Waals surface area contributed by atoms with Crippen LogP contribution in [0.15, 0.2) is 66.7 Å². The van der Waals surface area contributed by atoms with Gasteiger partial charge in [0.15, 0.2) is 0 Å². The van der Waals surface area contributed by atoms with E-state index in [2.05, 4.69) is 16.3 Å². The molecule has 0 saturated carbocycles. The molecule has 3 aromatic rings. The first-order chi connectivity index (χ1) is 17.4. The average molecular weight is 503 g/mol. The zero-order chi connectivity index (χ0) is 25.7. The summed E-state index contributed by atoms with van der Waals surface area (Å²) in [5.74, 6) is -1.30. The number of halogens is 2. The highest BCUT2D eigenvalue weighted by molar-refractivity contribution is 6.30. The van der Waals surface area contributed by atoms with Gasteiger partial charge >= 0.3 is 0 Å². The molecule has 0 radical (unpaired) electrons. The maximum absolute atomic E-state index is 14.5. The van der Waals surface area contributed by atoms with Crippen molar-refractivity contribution in [3.63, 3.8) is 0 Å². The van der Waals surface area contributed by atoms with Crippen molar-refractivity contribution in [2.24, 2.45) is 0 Å². The molecule has 0 aliphatic carbocycles. The van der Waals surface area contributed by atoms with Crippen molar-refractivity contribution in [2.45, 2.75) is 25.1 Å². The summed E-state index contributed by atoms with van der Waals surface area (Å²) < 4.78 is 20.4. The quantitative estimate of drug-likeness (QED) is 0.500. The fourth-order valence-corrected chi connectivity index (χ4v) is 4.68. The lowest BCUT2D eigenvalue weighted by molar-refractivity contribution is 0.0489. The Labute approximate surface area is 214 Å². The summed E-state index contributed by atoms with van der Waals surface area (Å²) >= 11 is 6.13. The van der Waals surface area contributed by atoms with E-state index in [4.69, 9.17) is 21.6 Å². The Kier molecular flexibility index (Phi) is 7.97. The molecule has 1 aliphatic rings. The Hall–Kier alpha value is -3.75. The van der Waals surface area contributed by atoms with Crippen LogP contribution in [0.1, 0.15) is 45.6 Å². The summed E-state index contributed by atoms with van der Waals surface area (Å²) in [5.41, 5.74) is 2.58. The van der Waals surface area contributed by atoms with Crippen LogP contribution in [0.25, 0.3) is 0 Å². The van der Waals surface area contributed by atoms with Gasteiger partial charge in [0.25, 0.3) is 5.91 Å². The van der Waals surface area contributed by atoms with Crippen LogP contribution < -0.4 is 5.32 Å². The third kappa shape index (κ3) is 5.56. The number of hydrogen-bond acceptors (Lipinski definition) is 5. The fraction of sp³-hybridized carbons (Fsp3) is 0.250. The van der Waals surface area contributed by atoms with E-state index in [1.807, 2.05) is 49.4 Å². The molecule has 0 bridgehead atoms. The van der Waals surface area contributed by atoms with E-state index in [1.54, 1.807) is 12.1 Å². The second-order valence-electron chi connectivity index (χ2n) is 8.52. The number of ether oxygens (including phenoxy) is 1. The molecule has 0 aromatic heterocycles. The van der Waals surface area contributed by atoms with Crippen molar-refractivity contribution in [1.29, 1.82) is 10.5 Å². The molecule has 1 N–H and O–H groups in total. The summed E-state index contributed by atoms with van der Waals surface area (Å²) in [6.07, 6.45) is -0.312. The standard InChI is InChI=1S/C28H24ClFN4O2/c1-2-36-26-17-34(16-25(26)33-28(35)23-12-5-19(15-32)13-24(23)30)27(21-8-10-22(29)11-9-21)20-6-3-18(14-31)4-7-20/h3-13,25-27H,2,16-17H2,1H3,(H,33,35)/t25?,26?,27-/m0/s1. The maximum Gasteiger partial charge on any atom is 0.254 e. The van der Waals surface area contributed by atoms with Gasteiger partial charge in [-0.3, -0.25) is 9.69 Å². The minimum absolute atomic E-state index is 0.121. The predicted octanol–water partition coefficient (Wildman–Crippen LogP) is 4.83. The van der Waals surface area contributed by atoms with Gasteiger partial charge in [0.05, 0.1) is 47.0 Å². The number of nitrogens with one attached hydrogen (secondary N) is 1. The fourth-order valence-electron chi connectivity index (χ4n) is 4.55. The topological polar surface area (TPSA) is 89.2 Å². The summed E-state index contributed by atoms with van der Waals surface area (Å²) in [6, 6.07) is 22.2. The van der Waals surface area contributed by atoms with E-state index >= 15 is 0 Å². The Morgan fingerprint density at radius 2 is 1.67 bits per heavy atom. The summed E-state index contributed by atoms with van der Waals surface area (Å²) in [6.45, 7) is 3.33. The highest BCUT2D eigenvalue weighted by Crippen LogP contribution is 2.33. The van der Waals surface area contributed by atoms with Gasteiger partial charge in [0.2, 0.25) is 0 Å². The Morgan fingerprint density at radius 3 is 2.25 bits per heavy atom. The first-order valence-electron chi connectivity index (χ1n) is 11.5. The first kappa shape index (κ1) is 25.3. The van der Waals surface area contributed by atoms with Crippen molar-refractivity contribution < 1.29 is 13.9 Å². The molecule has 0 spiro atoms. The smallest absolute Gasteiger partial charge is 0.254 e. The highest BCUT2D eigenvalue weighted by atomic mass is 35.5. The van der Waals surface area contributed by atoms with Crippen molar-refractivity contribution >= 4 is 17.5 Å². The van der Waals surface area contributed by atoms with Crippen LogP contribution in [0.3, 0.4) is 0 Å². The number of amides is 1. The van der Waals surface area contributed by atoms with Crippen LogP contribution in [0.2, 0.25) is 5.02 Å². The maximum atomic E-state index is 14.5. The zero-order valence-electron chi connectivity index (χ0n) is 19.6.